The van der Waals surface area contributed by atoms with Crippen molar-refractivity contribution < 1.29 is 23.0 Å². The summed E-state index contributed by atoms with van der Waals surface area (Å²) in [6.45, 7) is -0.469. The summed E-state index contributed by atoms with van der Waals surface area (Å²) in [5, 5.41) is 0. The molecule has 0 aromatic heterocycles. The first-order chi connectivity index (χ1) is 5.36. The Balaban J connectivity index is 2.62. The van der Waals surface area contributed by atoms with Gasteiger partial charge in [-0.3, -0.25) is 4.79 Å². The second-order valence-electron chi connectivity index (χ2n) is 2.74. The Hall–Kier alpha value is -0.750. The molecule has 0 spiro atoms. The molecule has 1 heterocycles. The molecule has 0 radical (unpaired) electrons. The lowest BCUT2D eigenvalue weighted by atomic mass is 10.2. The van der Waals surface area contributed by atoms with Gasteiger partial charge in [0.25, 0.3) is 11.8 Å². The van der Waals surface area contributed by atoms with Crippen molar-refractivity contribution in [2.75, 3.05) is 13.2 Å². The monoisotopic (exact) mass is 181 g/mol. The van der Waals surface area contributed by atoms with Gasteiger partial charge in [-0.05, 0) is 6.92 Å². The Morgan fingerprint density at radius 3 is 2.17 bits per heavy atom. The zero-order chi connectivity index (χ0) is 9.41. The number of hydrogen-bond acceptors (Lipinski definition) is 3. The zero-order valence-corrected chi connectivity index (χ0v) is 6.47. The highest BCUT2D eigenvalue weighted by molar-refractivity contribution is 5.81. The summed E-state index contributed by atoms with van der Waals surface area (Å²) in [6.07, 6.45) is 0. The Morgan fingerprint density at radius 1 is 1.42 bits per heavy atom. The van der Waals surface area contributed by atoms with Gasteiger partial charge >= 0.3 is 0 Å². The molecule has 0 aromatic rings. The highest BCUT2D eigenvalue weighted by Crippen LogP contribution is 2.27. The summed E-state index contributed by atoms with van der Waals surface area (Å²) < 4.78 is 33.8. The Bertz CT molecular complexity index is 197. The Morgan fingerprint density at radius 2 is 1.83 bits per heavy atom. The maximum atomic E-state index is 12.4. The third-order valence-electron chi connectivity index (χ3n) is 1.57. The minimum atomic E-state index is -3.03. The molecular formula is C6H9F2NO3. The van der Waals surface area contributed by atoms with Crippen molar-refractivity contribution >= 4 is 5.91 Å². The molecule has 0 unspecified atom stereocenters. The van der Waals surface area contributed by atoms with E-state index in [0.717, 1.165) is 0 Å². The van der Waals surface area contributed by atoms with E-state index < -0.39 is 30.8 Å². The lowest BCUT2D eigenvalue weighted by molar-refractivity contribution is -0.304. The summed E-state index contributed by atoms with van der Waals surface area (Å²) in [4.78, 5) is 10.6. The molecule has 0 bridgehead atoms. The van der Waals surface area contributed by atoms with Gasteiger partial charge in [0.05, 0.1) is 0 Å². The van der Waals surface area contributed by atoms with E-state index >= 15 is 0 Å². The molecule has 0 atom stereocenters. The summed E-state index contributed by atoms with van der Waals surface area (Å²) in [5.74, 6) is -5.64. The molecule has 0 saturated carbocycles. The summed E-state index contributed by atoms with van der Waals surface area (Å²) in [7, 11) is 0. The standard InChI is InChI=1S/C6H9F2NO3/c1-5(4(9)10)11-2-6(7,8)3-12-5/h2-3H2,1H3,(H2,9,10). The van der Waals surface area contributed by atoms with Gasteiger partial charge in [0.1, 0.15) is 13.2 Å². The van der Waals surface area contributed by atoms with Crippen LogP contribution in [0.1, 0.15) is 6.92 Å². The van der Waals surface area contributed by atoms with Crippen LogP contribution < -0.4 is 5.73 Å². The normalized spacial score (nSPS) is 26.6. The highest BCUT2D eigenvalue weighted by atomic mass is 19.3. The molecule has 0 aromatic carbocycles. The number of amides is 1. The molecule has 6 heteroatoms. The van der Waals surface area contributed by atoms with Crippen molar-refractivity contribution in [3.63, 3.8) is 0 Å². The highest BCUT2D eigenvalue weighted by Gasteiger charge is 2.46. The van der Waals surface area contributed by atoms with Crippen LogP contribution >= 0.6 is 0 Å². The van der Waals surface area contributed by atoms with E-state index in [1.165, 1.54) is 6.92 Å². The second-order valence-corrected chi connectivity index (χ2v) is 2.74. The fourth-order valence-corrected chi connectivity index (χ4v) is 0.712. The number of carbonyl (C=O) groups is 1. The Kier molecular flexibility index (Phi) is 2.05. The second kappa shape index (κ2) is 2.63. The summed E-state index contributed by atoms with van der Waals surface area (Å²) >= 11 is 0. The number of carbonyl (C=O) groups excluding carboxylic acids is 1. The fraction of sp³-hybridized carbons (Fsp3) is 0.833. The van der Waals surface area contributed by atoms with Crippen molar-refractivity contribution in [3.05, 3.63) is 0 Å². The number of rotatable bonds is 1. The van der Waals surface area contributed by atoms with Crippen LogP contribution in [-0.2, 0) is 14.3 Å². The van der Waals surface area contributed by atoms with Crippen molar-refractivity contribution in [3.8, 4) is 0 Å². The largest absolute Gasteiger partial charge is 0.365 e. The van der Waals surface area contributed by atoms with Gasteiger partial charge in [-0.1, -0.05) is 0 Å². The first-order valence-electron chi connectivity index (χ1n) is 3.31. The molecular weight excluding hydrogens is 172 g/mol. The molecule has 1 fully saturated rings. The van der Waals surface area contributed by atoms with Crippen LogP contribution in [0.2, 0.25) is 0 Å². The molecule has 1 saturated heterocycles. The van der Waals surface area contributed by atoms with Crippen molar-refractivity contribution in [2.45, 2.75) is 18.6 Å². The van der Waals surface area contributed by atoms with Crippen molar-refractivity contribution in [1.29, 1.82) is 0 Å². The van der Waals surface area contributed by atoms with Gasteiger partial charge in [-0.25, -0.2) is 8.78 Å². The summed E-state index contributed by atoms with van der Waals surface area (Å²) in [5.41, 5.74) is 4.86. The number of ether oxygens (including phenoxy) is 2. The molecule has 2 N–H and O–H groups in total. The minimum absolute atomic E-state index is 0.841. The predicted octanol–water partition coefficient (Wildman–Crippen LogP) is -0.130. The molecule has 12 heavy (non-hydrogen) atoms. The average Bonchev–Trinajstić information content (AvgIpc) is 1.96. The minimum Gasteiger partial charge on any atom is -0.365 e. The van der Waals surface area contributed by atoms with E-state index in [-0.39, 0.29) is 0 Å². The van der Waals surface area contributed by atoms with Gasteiger partial charge in [0.15, 0.2) is 0 Å². The van der Waals surface area contributed by atoms with Crippen LogP contribution in [0.15, 0.2) is 0 Å². The maximum absolute atomic E-state index is 12.4. The topological polar surface area (TPSA) is 61.6 Å². The average molecular weight is 181 g/mol. The zero-order valence-electron chi connectivity index (χ0n) is 6.47. The lowest BCUT2D eigenvalue weighted by Crippen LogP contribution is -2.54. The fourth-order valence-electron chi connectivity index (χ4n) is 0.712. The Labute approximate surface area is 67.6 Å². The molecule has 4 nitrogen and oxygen atoms in total. The van der Waals surface area contributed by atoms with Crippen LogP contribution in [0.4, 0.5) is 8.78 Å². The van der Waals surface area contributed by atoms with Crippen LogP contribution in [-0.4, -0.2) is 30.8 Å². The van der Waals surface area contributed by atoms with Crippen molar-refractivity contribution in [1.82, 2.24) is 0 Å². The van der Waals surface area contributed by atoms with Crippen LogP contribution in [0, 0.1) is 0 Å². The van der Waals surface area contributed by atoms with Gasteiger partial charge in [-0.15, -0.1) is 0 Å². The number of alkyl halides is 2. The van der Waals surface area contributed by atoms with E-state index in [1.54, 1.807) is 0 Å². The first kappa shape index (κ1) is 9.34. The number of nitrogens with two attached hydrogens (primary N) is 1. The van der Waals surface area contributed by atoms with E-state index in [0.29, 0.717) is 0 Å². The maximum Gasteiger partial charge on any atom is 0.294 e. The predicted molar refractivity (Wildman–Crippen MR) is 34.5 cm³/mol. The molecule has 0 aliphatic carbocycles. The third-order valence-corrected chi connectivity index (χ3v) is 1.57. The van der Waals surface area contributed by atoms with E-state index in [9.17, 15) is 13.6 Å². The number of halogens is 2. The van der Waals surface area contributed by atoms with Crippen molar-refractivity contribution in [2.24, 2.45) is 5.73 Å². The van der Waals surface area contributed by atoms with E-state index in [1.807, 2.05) is 0 Å². The van der Waals surface area contributed by atoms with Crippen LogP contribution in [0.3, 0.4) is 0 Å². The smallest absolute Gasteiger partial charge is 0.294 e. The summed E-state index contributed by atoms with van der Waals surface area (Å²) in [6, 6.07) is 0. The van der Waals surface area contributed by atoms with E-state index in [2.05, 4.69) is 9.47 Å². The quantitative estimate of drug-likeness (QED) is 0.613. The number of primary amides is 1. The van der Waals surface area contributed by atoms with Gasteiger partial charge in [0, 0.05) is 0 Å². The van der Waals surface area contributed by atoms with Crippen LogP contribution in [0.5, 0.6) is 0 Å². The lowest BCUT2D eigenvalue weighted by Gasteiger charge is -2.34. The molecule has 1 aliphatic rings. The SMILES string of the molecule is CC1(C(N)=O)OCC(F)(F)CO1. The number of hydrogen-bond donors (Lipinski definition) is 1. The van der Waals surface area contributed by atoms with Gasteiger partial charge in [-0.2, -0.15) is 0 Å². The third kappa shape index (κ3) is 1.70. The molecule has 70 valence electrons. The molecule has 1 rings (SSSR count). The van der Waals surface area contributed by atoms with Gasteiger partial charge in [0.2, 0.25) is 5.79 Å². The first-order valence-corrected chi connectivity index (χ1v) is 3.31. The van der Waals surface area contributed by atoms with Crippen LogP contribution in [0.25, 0.3) is 0 Å². The van der Waals surface area contributed by atoms with E-state index in [4.69, 9.17) is 5.73 Å². The molecule has 1 amide bonds. The van der Waals surface area contributed by atoms with Gasteiger partial charge < -0.3 is 15.2 Å². The molecule has 1 aliphatic heterocycles.